The van der Waals surface area contributed by atoms with Crippen LogP contribution in [0.5, 0.6) is 5.75 Å². The van der Waals surface area contributed by atoms with Crippen molar-refractivity contribution in [3.05, 3.63) is 57.0 Å². The minimum absolute atomic E-state index is 0.0411. The molecular formula is C17H15BrN2O5S. The first-order chi connectivity index (χ1) is 12.3. The average molecular weight is 439 g/mol. The second-order valence-corrected chi connectivity index (χ2v) is 8.77. The Hall–Kier alpha value is -2.10. The molecule has 0 bridgehead atoms. The highest BCUT2D eigenvalue weighted by molar-refractivity contribution is 9.10. The molecule has 3 aromatic rings. The average Bonchev–Trinajstić information content (AvgIpc) is 2.88. The maximum absolute atomic E-state index is 12.7. The Kier molecular flexibility index (Phi) is 4.17. The van der Waals surface area contributed by atoms with E-state index >= 15 is 0 Å². The number of hydrogen-bond donors (Lipinski definition) is 1. The quantitative estimate of drug-likeness (QED) is 0.676. The fourth-order valence-corrected chi connectivity index (χ4v) is 4.65. The molecule has 1 N–H and O–H groups in total. The molecule has 0 aliphatic carbocycles. The van der Waals surface area contributed by atoms with Crippen molar-refractivity contribution in [3.8, 4) is 5.75 Å². The molecule has 0 saturated heterocycles. The van der Waals surface area contributed by atoms with E-state index < -0.39 is 15.8 Å². The molecule has 0 amide bonds. The van der Waals surface area contributed by atoms with Gasteiger partial charge in [0.2, 0.25) is 10.0 Å². The van der Waals surface area contributed by atoms with Crippen LogP contribution in [-0.4, -0.2) is 25.6 Å². The van der Waals surface area contributed by atoms with E-state index in [1.54, 1.807) is 13.1 Å². The fourth-order valence-electron chi connectivity index (χ4n) is 3.01. The second kappa shape index (κ2) is 6.26. The minimum atomic E-state index is -3.78. The topological polar surface area (TPSA) is 90.5 Å². The van der Waals surface area contributed by atoms with Crippen molar-refractivity contribution in [2.45, 2.75) is 17.4 Å². The van der Waals surface area contributed by atoms with E-state index in [2.05, 4.69) is 20.7 Å². The lowest BCUT2D eigenvalue weighted by atomic mass is 10.0. The van der Waals surface area contributed by atoms with Gasteiger partial charge in [-0.15, -0.1) is 0 Å². The number of sulfonamides is 1. The fraction of sp³-hybridized carbons (Fsp3) is 0.235. The van der Waals surface area contributed by atoms with Crippen LogP contribution >= 0.6 is 15.9 Å². The van der Waals surface area contributed by atoms with Crippen molar-refractivity contribution in [1.29, 1.82) is 0 Å². The maximum atomic E-state index is 12.7. The zero-order valence-corrected chi connectivity index (χ0v) is 16.1. The molecule has 4 rings (SSSR count). The Morgan fingerprint density at radius 3 is 2.85 bits per heavy atom. The highest BCUT2D eigenvalue weighted by Crippen LogP contribution is 2.28. The number of benzene rings is 2. The van der Waals surface area contributed by atoms with E-state index in [1.165, 1.54) is 16.7 Å². The largest absolute Gasteiger partial charge is 0.492 e. The van der Waals surface area contributed by atoms with Gasteiger partial charge in [-0.1, -0.05) is 15.9 Å². The predicted octanol–water partition coefficient (Wildman–Crippen LogP) is 2.18. The summed E-state index contributed by atoms with van der Waals surface area (Å²) in [5.41, 5.74) is 1.70. The van der Waals surface area contributed by atoms with Crippen LogP contribution in [0.2, 0.25) is 0 Å². The number of nitrogens with zero attached hydrogens (tertiary/aromatic N) is 1. The van der Waals surface area contributed by atoms with Gasteiger partial charge in [0.25, 0.3) is 0 Å². The van der Waals surface area contributed by atoms with Crippen LogP contribution in [0.3, 0.4) is 0 Å². The summed E-state index contributed by atoms with van der Waals surface area (Å²) in [4.78, 5) is 11.6. The molecule has 136 valence electrons. The first-order valence-corrected chi connectivity index (χ1v) is 10.1. The first-order valence-electron chi connectivity index (χ1n) is 7.86. The van der Waals surface area contributed by atoms with E-state index in [4.69, 9.17) is 9.15 Å². The standard InChI is InChI=1S/C17H15BrN2O5S/c1-20-14-4-3-13(8-16(14)25-17(20)21)26(22,23)19-12-7-10-6-11(18)2-5-15(10)24-9-12/h2-6,8,12,19H,7,9H2,1H3. The summed E-state index contributed by atoms with van der Waals surface area (Å²) in [6.07, 6.45) is 0.524. The molecule has 0 spiro atoms. The third-order valence-corrected chi connectivity index (χ3v) is 6.34. The molecule has 2 aromatic carbocycles. The summed E-state index contributed by atoms with van der Waals surface area (Å²) in [7, 11) is -2.22. The lowest BCUT2D eigenvalue weighted by molar-refractivity contribution is 0.254. The smallest absolute Gasteiger partial charge is 0.419 e. The molecule has 9 heteroatoms. The summed E-state index contributed by atoms with van der Waals surface area (Å²) in [6, 6.07) is 9.63. The number of aryl methyl sites for hydroxylation is 1. The van der Waals surface area contributed by atoms with Crippen LogP contribution in [-0.2, 0) is 23.5 Å². The molecule has 1 atom stereocenters. The summed E-state index contributed by atoms with van der Waals surface area (Å²) in [5, 5.41) is 0. The van der Waals surface area contributed by atoms with Crippen molar-refractivity contribution >= 4 is 37.1 Å². The summed E-state index contributed by atoms with van der Waals surface area (Å²) in [5.74, 6) is 0.224. The van der Waals surface area contributed by atoms with E-state index in [0.717, 1.165) is 15.8 Å². The van der Waals surface area contributed by atoms with Crippen molar-refractivity contribution in [3.63, 3.8) is 0 Å². The molecule has 1 unspecified atom stereocenters. The molecule has 1 aliphatic heterocycles. The Morgan fingerprint density at radius 2 is 2.04 bits per heavy atom. The van der Waals surface area contributed by atoms with Gasteiger partial charge in [0, 0.05) is 17.6 Å². The number of fused-ring (bicyclic) bond motifs is 2. The number of aromatic nitrogens is 1. The Labute approximate surface area is 157 Å². The molecule has 1 aliphatic rings. The van der Waals surface area contributed by atoms with Crippen LogP contribution < -0.4 is 15.2 Å². The first kappa shape index (κ1) is 17.3. The number of ether oxygens (including phenoxy) is 1. The maximum Gasteiger partial charge on any atom is 0.419 e. The van der Waals surface area contributed by atoms with Crippen LogP contribution in [0.1, 0.15) is 5.56 Å². The number of halogens is 1. The van der Waals surface area contributed by atoms with Gasteiger partial charge < -0.3 is 9.15 Å². The third kappa shape index (κ3) is 3.06. The van der Waals surface area contributed by atoms with Gasteiger partial charge in [-0.2, -0.15) is 0 Å². The normalized spacial score (nSPS) is 17.1. The second-order valence-electron chi connectivity index (χ2n) is 6.14. The van der Waals surface area contributed by atoms with Crippen LogP contribution in [0, 0.1) is 0 Å². The number of oxazole rings is 1. The number of nitrogens with one attached hydrogen (secondary N) is 1. The molecule has 1 aromatic heterocycles. The molecule has 0 saturated carbocycles. The van der Waals surface area contributed by atoms with Crippen molar-refractivity contribution in [2.75, 3.05) is 6.61 Å². The summed E-state index contributed by atoms with van der Waals surface area (Å²) < 4.78 is 41.0. The van der Waals surface area contributed by atoms with E-state index in [1.807, 2.05) is 18.2 Å². The predicted molar refractivity (Wildman–Crippen MR) is 98.9 cm³/mol. The van der Waals surface area contributed by atoms with Crippen LogP contribution in [0.15, 0.2) is 55.0 Å². The molecule has 0 fully saturated rings. The van der Waals surface area contributed by atoms with Crippen molar-refractivity contribution in [1.82, 2.24) is 9.29 Å². The molecular weight excluding hydrogens is 424 g/mol. The molecule has 2 heterocycles. The Balaban J connectivity index is 1.60. The minimum Gasteiger partial charge on any atom is -0.492 e. The van der Waals surface area contributed by atoms with Crippen LogP contribution in [0.25, 0.3) is 11.1 Å². The van der Waals surface area contributed by atoms with E-state index in [-0.39, 0.29) is 23.1 Å². The van der Waals surface area contributed by atoms with E-state index in [9.17, 15) is 13.2 Å². The van der Waals surface area contributed by atoms with Crippen molar-refractivity contribution < 1.29 is 17.6 Å². The SMILES string of the molecule is Cn1c(=O)oc2cc(S(=O)(=O)NC3COc4ccc(Br)cc4C3)ccc21. The molecule has 0 radical (unpaired) electrons. The summed E-state index contributed by atoms with van der Waals surface area (Å²) in [6.45, 7) is 0.247. The van der Waals surface area contributed by atoms with Gasteiger partial charge in [-0.05, 0) is 42.3 Å². The summed E-state index contributed by atoms with van der Waals surface area (Å²) >= 11 is 3.41. The molecule has 26 heavy (non-hydrogen) atoms. The lowest BCUT2D eigenvalue weighted by Gasteiger charge is -2.26. The van der Waals surface area contributed by atoms with Gasteiger partial charge in [-0.3, -0.25) is 4.57 Å². The Bertz CT molecular complexity index is 1170. The van der Waals surface area contributed by atoms with Gasteiger partial charge >= 0.3 is 5.76 Å². The zero-order chi connectivity index (χ0) is 18.5. The van der Waals surface area contributed by atoms with Crippen molar-refractivity contribution in [2.24, 2.45) is 7.05 Å². The van der Waals surface area contributed by atoms with Crippen LogP contribution in [0.4, 0.5) is 0 Å². The monoisotopic (exact) mass is 438 g/mol. The number of hydrogen-bond acceptors (Lipinski definition) is 5. The Morgan fingerprint density at radius 1 is 1.23 bits per heavy atom. The number of rotatable bonds is 3. The highest BCUT2D eigenvalue weighted by atomic mass is 79.9. The van der Waals surface area contributed by atoms with Gasteiger partial charge in [0.1, 0.15) is 12.4 Å². The molecule has 7 nitrogen and oxygen atoms in total. The lowest BCUT2D eigenvalue weighted by Crippen LogP contribution is -2.42. The third-order valence-electron chi connectivity index (χ3n) is 4.32. The van der Waals surface area contributed by atoms with Gasteiger partial charge in [0.15, 0.2) is 5.58 Å². The zero-order valence-electron chi connectivity index (χ0n) is 13.7. The van der Waals surface area contributed by atoms with Gasteiger partial charge in [-0.25, -0.2) is 17.9 Å². The van der Waals surface area contributed by atoms with Gasteiger partial charge in [0.05, 0.1) is 16.5 Å². The van der Waals surface area contributed by atoms with E-state index in [0.29, 0.717) is 11.9 Å². The highest BCUT2D eigenvalue weighted by Gasteiger charge is 2.26.